The fourth-order valence-corrected chi connectivity index (χ4v) is 3.83. The third-order valence-electron chi connectivity index (χ3n) is 5.43. The lowest BCUT2D eigenvalue weighted by molar-refractivity contribution is 0.0689. The van der Waals surface area contributed by atoms with Crippen molar-refractivity contribution in [1.82, 2.24) is 19.6 Å². The maximum Gasteiger partial charge on any atom is 0.356 e. The quantitative estimate of drug-likeness (QED) is 0.721. The number of hydrogen-bond acceptors (Lipinski definition) is 4. The first-order valence-electron chi connectivity index (χ1n) is 9.98. The standard InChI is InChI=1S/C23H24N4O3/c1-17-15-25(13-14-26(17)23(30)27-12-11-21(24-27)22(28)29)16-18-7-9-20(10-8-18)19-5-3-2-4-6-19/h2-12,17H,13-16H2,1H3,(H,28,29)/t17-/m1/s1. The monoisotopic (exact) mass is 404 g/mol. The first-order valence-corrected chi connectivity index (χ1v) is 9.98. The van der Waals surface area contributed by atoms with E-state index in [4.69, 9.17) is 5.11 Å². The molecule has 2 heterocycles. The van der Waals surface area contributed by atoms with E-state index in [0.29, 0.717) is 6.54 Å². The Kier molecular flexibility index (Phi) is 5.63. The molecule has 2 aromatic carbocycles. The van der Waals surface area contributed by atoms with E-state index in [9.17, 15) is 9.59 Å². The van der Waals surface area contributed by atoms with Crippen molar-refractivity contribution in [3.05, 3.63) is 78.1 Å². The van der Waals surface area contributed by atoms with Crippen LogP contribution in [0.15, 0.2) is 66.9 Å². The predicted octanol–water partition coefficient (Wildman–Crippen LogP) is 3.42. The molecule has 7 nitrogen and oxygen atoms in total. The van der Waals surface area contributed by atoms with E-state index in [1.165, 1.54) is 29.0 Å². The molecule has 1 atom stereocenters. The normalized spacial score (nSPS) is 17.1. The van der Waals surface area contributed by atoms with Crippen molar-refractivity contribution in [3.8, 4) is 11.1 Å². The molecule has 1 saturated heterocycles. The van der Waals surface area contributed by atoms with Crippen molar-refractivity contribution < 1.29 is 14.7 Å². The van der Waals surface area contributed by atoms with Crippen LogP contribution in [0.2, 0.25) is 0 Å². The average molecular weight is 404 g/mol. The second kappa shape index (κ2) is 8.51. The molecule has 0 radical (unpaired) electrons. The second-order valence-corrected chi connectivity index (χ2v) is 7.57. The minimum atomic E-state index is -1.14. The van der Waals surface area contributed by atoms with Gasteiger partial charge in [-0.05, 0) is 29.7 Å². The summed E-state index contributed by atoms with van der Waals surface area (Å²) < 4.78 is 1.11. The largest absolute Gasteiger partial charge is 0.476 e. The molecule has 1 aliphatic heterocycles. The molecule has 0 aliphatic carbocycles. The fraction of sp³-hybridized carbons (Fsp3) is 0.261. The molecule has 3 aromatic rings. The topological polar surface area (TPSA) is 78.7 Å². The summed E-state index contributed by atoms with van der Waals surface area (Å²) in [5, 5.41) is 12.8. The highest BCUT2D eigenvalue weighted by Gasteiger charge is 2.29. The maximum atomic E-state index is 12.7. The summed E-state index contributed by atoms with van der Waals surface area (Å²) in [6.45, 7) is 4.91. The number of nitrogens with zero attached hydrogens (tertiary/aromatic N) is 4. The van der Waals surface area contributed by atoms with E-state index in [1.807, 2.05) is 25.1 Å². The molecule has 1 aliphatic rings. The molecule has 7 heteroatoms. The Hall–Kier alpha value is -3.45. The van der Waals surface area contributed by atoms with Gasteiger partial charge in [-0.15, -0.1) is 0 Å². The third kappa shape index (κ3) is 4.26. The van der Waals surface area contributed by atoms with Crippen LogP contribution in [-0.2, 0) is 6.54 Å². The molecular weight excluding hydrogens is 380 g/mol. The molecule has 1 amide bonds. The van der Waals surface area contributed by atoms with Gasteiger partial charge in [0.25, 0.3) is 0 Å². The van der Waals surface area contributed by atoms with Gasteiger partial charge in [0.2, 0.25) is 0 Å². The Morgan fingerprint density at radius 1 is 1.00 bits per heavy atom. The van der Waals surface area contributed by atoms with Gasteiger partial charge in [0.1, 0.15) is 0 Å². The van der Waals surface area contributed by atoms with Crippen LogP contribution in [0.25, 0.3) is 11.1 Å². The van der Waals surface area contributed by atoms with E-state index in [0.717, 1.165) is 24.3 Å². The summed E-state index contributed by atoms with van der Waals surface area (Å²) in [6, 6.07) is 19.9. The van der Waals surface area contributed by atoms with Gasteiger partial charge in [0.15, 0.2) is 5.69 Å². The van der Waals surface area contributed by atoms with Crippen LogP contribution in [-0.4, -0.2) is 62.4 Å². The van der Waals surface area contributed by atoms with Crippen LogP contribution >= 0.6 is 0 Å². The number of benzene rings is 2. The van der Waals surface area contributed by atoms with Gasteiger partial charge < -0.3 is 10.0 Å². The summed E-state index contributed by atoms with van der Waals surface area (Å²) in [4.78, 5) is 27.8. The molecule has 0 bridgehead atoms. The number of rotatable bonds is 4. The maximum absolute atomic E-state index is 12.7. The van der Waals surface area contributed by atoms with Gasteiger partial charge in [0.05, 0.1) is 0 Å². The minimum Gasteiger partial charge on any atom is -0.476 e. The van der Waals surface area contributed by atoms with Gasteiger partial charge in [-0.2, -0.15) is 9.78 Å². The van der Waals surface area contributed by atoms with Crippen LogP contribution in [0.4, 0.5) is 4.79 Å². The SMILES string of the molecule is C[C@@H]1CN(Cc2ccc(-c3ccccc3)cc2)CCN1C(=O)n1ccc(C(=O)O)n1. The molecule has 0 spiro atoms. The molecular formula is C23H24N4O3. The van der Waals surface area contributed by atoms with Crippen molar-refractivity contribution in [1.29, 1.82) is 0 Å². The number of hydrogen-bond donors (Lipinski definition) is 1. The van der Waals surface area contributed by atoms with E-state index in [-0.39, 0.29) is 17.8 Å². The Labute approximate surface area is 175 Å². The van der Waals surface area contributed by atoms with Gasteiger partial charge >= 0.3 is 12.0 Å². The van der Waals surface area contributed by atoms with Crippen LogP contribution in [0, 0.1) is 0 Å². The molecule has 0 unspecified atom stereocenters. The first kappa shape index (κ1) is 19.8. The van der Waals surface area contributed by atoms with Crippen molar-refractivity contribution in [2.75, 3.05) is 19.6 Å². The highest BCUT2D eigenvalue weighted by atomic mass is 16.4. The van der Waals surface area contributed by atoms with Gasteiger partial charge in [-0.1, -0.05) is 54.6 Å². The van der Waals surface area contributed by atoms with Gasteiger partial charge in [-0.25, -0.2) is 9.59 Å². The zero-order valence-electron chi connectivity index (χ0n) is 16.8. The Morgan fingerprint density at radius 2 is 1.70 bits per heavy atom. The first-order chi connectivity index (χ1) is 14.5. The molecule has 0 saturated carbocycles. The summed E-state index contributed by atoms with van der Waals surface area (Å²) in [5.41, 5.74) is 3.51. The van der Waals surface area contributed by atoms with Gasteiger partial charge in [0, 0.05) is 38.4 Å². The van der Waals surface area contributed by atoms with Crippen molar-refractivity contribution in [2.24, 2.45) is 0 Å². The lowest BCUT2D eigenvalue weighted by atomic mass is 10.0. The zero-order chi connectivity index (χ0) is 21.1. The number of aromatic nitrogens is 2. The summed E-state index contributed by atoms with van der Waals surface area (Å²) in [6.07, 6.45) is 1.40. The molecule has 1 aromatic heterocycles. The Balaban J connectivity index is 1.36. The number of piperazine rings is 1. The summed E-state index contributed by atoms with van der Waals surface area (Å²) >= 11 is 0. The second-order valence-electron chi connectivity index (χ2n) is 7.57. The molecule has 4 rings (SSSR count). The van der Waals surface area contributed by atoms with E-state index in [1.54, 1.807) is 4.90 Å². The van der Waals surface area contributed by atoms with Crippen LogP contribution in [0.1, 0.15) is 23.0 Å². The lowest BCUT2D eigenvalue weighted by Crippen LogP contribution is -2.54. The number of amides is 1. The summed E-state index contributed by atoms with van der Waals surface area (Å²) in [7, 11) is 0. The highest BCUT2D eigenvalue weighted by Crippen LogP contribution is 2.21. The van der Waals surface area contributed by atoms with E-state index < -0.39 is 5.97 Å². The molecule has 1 N–H and O–H groups in total. The van der Waals surface area contributed by atoms with E-state index in [2.05, 4.69) is 46.4 Å². The van der Waals surface area contributed by atoms with E-state index >= 15 is 0 Å². The van der Waals surface area contributed by atoms with Crippen LogP contribution in [0.3, 0.4) is 0 Å². The smallest absolute Gasteiger partial charge is 0.356 e. The predicted molar refractivity (Wildman–Crippen MR) is 113 cm³/mol. The minimum absolute atomic E-state index is 0.00678. The van der Waals surface area contributed by atoms with Gasteiger partial charge in [-0.3, -0.25) is 4.90 Å². The Morgan fingerprint density at radius 3 is 2.33 bits per heavy atom. The molecule has 1 fully saturated rings. The van der Waals surface area contributed by atoms with Crippen molar-refractivity contribution in [2.45, 2.75) is 19.5 Å². The fourth-order valence-electron chi connectivity index (χ4n) is 3.83. The van der Waals surface area contributed by atoms with Crippen molar-refractivity contribution in [3.63, 3.8) is 0 Å². The number of carboxylic acid groups (broad SMARTS) is 1. The number of carbonyl (C=O) groups is 2. The molecule has 154 valence electrons. The number of carbonyl (C=O) groups excluding carboxylic acids is 1. The summed E-state index contributed by atoms with van der Waals surface area (Å²) in [5.74, 6) is -1.14. The third-order valence-corrected chi connectivity index (χ3v) is 5.43. The number of carboxylic acids is 1. The lowest BCUT2D eigenvalue weighted by Gasteiger charge is -2.39. The van der Waals surface area contributed by atoms with Crippen molar-refractivity contribution >= 4 is 12.0 Å². The highest BCUT2D eigenvalue weighted by molar-refractivity contribution is 5.86. The van der Waals surface area contributed by atoms with Crippen LogP contribution in [0.5, 0.6) is 0 Å². The number of aromatic carboxylic acids is 1. The average Bonchev–Trinajstić information content (AvgIpc) is 3.25. The zero-order valence-corrected chi connectivity index (χ0v) is 16.8. The Bertz CT molecular complexity index is 1030. The van der Waals surface area contributed by atoms with Crippen LogP contribution < -0.4 is 0 Å². The molecule has 30 heavy (non-hydrogen) atoms.